The number of fused-ring (bicyclic) bond motifs is 1. The number of carbonyl (C=O) groups excluding carboxylic acids is 1. The van der Waals surface area contributed by atoms with E-state index in [-0.39, 0.29) is 24.1 Å². The fourth-order valence-corrected chi connectivity index (χ4v) is 2.92. The van der Waals surface area contributed by atoms with E-state index in [9.17, 15) is 9.18 Å². The van der Waals surface area contributed by atoms with Crippen LogP contribution >= 0.6 is 12.4 Å². The first-order valence-corrected chi connectivity index (χ1v) is 7.77. The minimum atomic E-state index is -0.275. The van der Waals surface area contributed by atoms with Gasteiger partial charge in [-0.2, -0.15) is 0 Å². The van der Waals surface area contributed by atoms with Crippen molar-refractivity contribution in [2.24, 2.45) is 0 Å². The minimum Gasteiger partial charge on any atom is -0.398 e. The lowest BCUT2D eigenvalue weighted by Crippen LogP contribution is -2.39. The van der Waals surface area contributed by atoms with Crippen LogP contribution < -0.4 is 16.0 Å². The Morgan fingerprint density at radius 2 is 1.96 bits per heavy atom. The van der Waals surface area contributed by atoms with E-state index in [1.54, 1.807) is 12.1 Å². The summed E-state index contributed by atoms with van der Waals surface area (Å²) in [6.07, 6.45) is 1.95. The van der Waals surface area contributed by atoms with Crippen molar-refractivity contribution >= 4 is 29.7 Å². The second-order valence-electron chi connectivity index (χ2n) is 5.77. The Hall–Kier alpha value is -2.27. The molecule has 2 aromatic carbocycles. The zero-order valence-electron chi connectivity index (χ0n) is 13.3. The molecule has 1 aliphatic rings. The first kappa shape index (κ1) is 18.1. The molecule has 0 unspecified atom stereocenters. The lowest BCUT2D eigenvalue weighted by atomic mass is 10.00. The molecule has 0 atom stereocenters. The Balaban J connectivity index is 0.00000208. The number of hydrogen-bond donors (Lipinski definition) is 2. The summed E-state index contributed by atoms with van der Waals surface area (Å²) in [5.41, 5.74) is 9.87. The lowest BCUT2D eigenvalue weighted by Gasteiger charge is -2.31. The van der Waals surface area contributed by atoms with Gasteiger partial charge in [-0.25, -0.2) is 4.39 Å². The van der Waals surface area contributed by atoms with E-state index in [1.165, 1.54) is 12.1 Å². The van der Waals surface area contributed by atoms with Gasteiger partial charge in [-0.15, -0.1) is 12.4 Å². The molecule has 6 heteroatoms. The number of amides is 1. The van der Waals surface area contributed by atoms with Gasteiger partial charge in [-0.05, 0) is 48.2 Å². The number of nitrogens with zero attached hydrogens (tertiary/aromatic N) is 1. The van der Waals surface area contributed by atoms with Gasteiger partial charge in [0.05, 0.1) is 6.54 Å². The van der Waals surface area contributed by atoms with Crippen LogP contribution in [0, 0.1) is 5.82 Å². The quantitative estimate of drug-likeness (QED) is 0.834. The van der Waals surface area contributed by atoms with Crippen molar-refractivity contribution in [3.05, 3.63) is 59.4 Å². The first-order chi connectivity index (χ1) is 11.1. The predicted molar refractivity (Wildman–Crippen MR) is 96.9 cm³/mol. The van der Waals surface area contributed by atoms with Gasteiger partial charge in [0.25, 0.3) is 0 Å². The highest BCUT2D eigenvalue weighted by molar-refractivity contribution is 5.85. The molecule has 1 aliphatic heterocycles. The number of carbonyl (C=O) groups is 1. The fourth-order valence-electron chi connectivity index (χ4n) is 2.92. The van der Waals surface area contributed by atoms with Crippen LogP contribution in [0.5, 0.6) is 0 Å². The second-order valence-corrected chi connectivity index (χ2v) is 5.77. The maximum absolute atomic E-state index is 12.9. The Labute approximate surface area is 147 Å². The molecule has 0 aliphatic carbocycles. The van der Waals surface area contributed by atoms with Crippen molar-refractivity contribution < 1.29 is 9.18 Å². The molecule has 0 saturated carbocycles. The van der Waals surface area contributed by atoms with E-state index in [2.05, 4.69) is 10.2 Å². The molecule has 0 bridgehead atoms. The summed E-state index contributed by atoms with van der Waals surface area (Å²) in [6, 6.07) is 12.0. The highest BCUT2D eigenvalue weighted by atomic mass is 35.5. The number of benzene rings is 2. The van der Waals surface area contributed by atoms with Crippen molar-refractivity contribution in [2.75, 3.05) is 23.7 Å². The molecule has 3 N–H and O–H groups in total. The van der Waals surface area contributed by atoms with Gasteiger partial charge < -0.3 is 16.0 Å². The number of hydrogen-bond acceptors (Lipinski definition) is 3. The normalized spacial score (nSPS) is 13.0. The summed E-state index contributed by atoms with van der Waals surface area (Å²) in [5, 5.41) is 2.88. The van der Waals surface area contributed by atoms with Gasteiger partial charge in [0.2, 0.25) is 5.91 Å². The maximum Gasteiger partial charge on any atom is 0.239 e. The fraction of sp³-hybridized carbons (Fsp3) is 0.278. The molecular formula is C18H21ClFN3O. The molecule has 1 amide bonds. The van der Waals surface area contributed by atoms with Crippen molar-refractivity contribution in [3.8, 4) is 0 Å². The van der Waals surface area contributed by atoms with Crippen molar-refractivity contribution in [1.29, 1.82) is 0 Å². The molecule has 2 aromatic rings. The average Bonchev–Trinajstić information content (AvgIpc) is 2.55. The molecule has 0 radical (unpaired) electrons. The van der Waals surface area contributed by atoms with E-state index in [1.807, 2.05) is 18.2 Å². The summed E-state index contributed by atoms with van der Waals surface area (Å²) in [6.45, 7) is 1.55. The number of nitrogen functional groups attached to an aromatic ring is 1. The van der Waals surface area contributed by atoms with Gasteiger partial charge >= 0.3 is 0 Å². The zero-order valence-corrected chi connectivity index (χ0v) is 14.1. The summed E-state index contributed by atoms with van der Waals surface area (Å²) in [5.74, 6) is -0.327. The van der Waals surface area contributed by atoms with Crippen LogP contribution in [-0.4, -0.2) is 19.0 Å². The van der Waals surface area contributed by atoms with Crippen LogP contribution in [0.15, 0.2) is 42.5 Å². The molecule has 4 nitrogen and oxygen atoms in total. The number of halogens is 2. The van der Waals surface area contributed by atoms with E-state index < -0.39 is 0 Å². The molecular weight excluding hydrogens is 329 g/mol. The largest absolute Gasteiger partial charge is 0.398 e. The topological polar surface area (TPSA) is 58.4 Å². The van der Waals surface area contributed by atoms with Crippen molar-refractivity contribution in [2.45, 2.75) is 19.4 Å². The van der Waals surface area contributed by atoms with Crippen molar-refractivity contribution in [3.63, 3.8) is 0 Å². The Bertz CT molecular complexity index is 706. The van der Waals surface area contributed by atoms with Crippen LogP contribution in [0.3, 0.4) is 0 Å². The van der Waals surface area contributed by atoms with Gasteiger partial charge in [0.15, 0.2) is 0 Å². The monoisotopic (exact) mass is 349 g/mol. The number of rotatable bonds is 4. The summed E-state index contributed by atoms with van der Waals surface area (Å²) < 4.78 is 12.9. The van der Waals surface area contributed by atoms with Crippen LogP contribution in [0.1, 0.15) is 17.5 Å². The van der Waals surface area contributed by atoms with Crippen LogP contribution in [0.2, 0.25) is 0 Å². The van der Waals surface area contributed by atoms with Crippen LogP contribution in [-0.2, 0) is 17.8 Å². The Morgan fingerprint density at radius 3 is 2.71 bits per heavy atom. The molecule has 128 valence electrons. The summed E-state index contributed by atoms with van der Waals surface area (Å²) in [7, 11) is 0. The standard InChI is InChI=1S/C18H20FN3O.ClH/c19-14-8-6-13(7-9-14)11-21-18(23)12-22-10-2-3-15-16(20)4-1-5-17(15)22;/h1,4-9H,2-3,10-12,20H2,(H,21,23);1H. The molecule has 24 heavy (non-hydrogen) atoms. The number of nitrogens with one attached hydrogen (secondary N) is 1. The van der Waals surface area contributed by atoms with E-state index in [0.29, 0.717) is 13.1 Å². The second kappa shape index (κ2) is 8.02. The summed E-state index contributed by atoms with van der Waals surface area (Å²) in [4.78, 5) is 14.3. The highest BCUT2D eigenvalue weighted by Gasteiger charge is 2.20. The number of anilines is 2. The Morgan fingerprint density at radius 1 is 1.21 bits per heavy atom. The molecule has 0 aromatic heterocycles. The van der Waals surface area contributed by atoms with E-state index in [4.69, 9.17) is 5.73 Å². The first-order valence-electron chi connectivity index (χ1n) is 7.77. The van der Waals surface area contributed by atoms with E-state index >= 15 is 0 Å². The van der Waals surface area contributed by atoms with Crippen LogP contribution in [0.25, 0.3) is 0 Å². The SMILES string of the molecule is Cl.Nc1cccc2c1CCCN2CC(=O)NCc1ccc(F)cc1. The molecule has 0 spiro atoms. The van der Waals surface area contributed by atoms with Gasteiger partial charge in [0.1, 0.15) is 5.82 Å². The van der Waals surface area contributed by atoms with Gasteiger partial charge in [-0.3, -0.25) is 4.79 Å². The third-order valence-electron chi connectivity index (χ3n) is 4.12. The van der Waals surface area contributed by atoms with Gasteiger partial charge in [-0.1, -0.05) is 18.2 Å². The number of nitrogens with two attached hydrogens (primary N) is 1. The van der Waals surface area contributed by atoms with Crippen LogP contribution in [0.4, 0.5) is 15.8 Å². The molecule has 0 fully saturated rings. The zero-order chi connectivity index (χ0) is 16.2. The smallest absolute Gasteiger partial charge is 0.239 e. The lowest BCUT2D eigenvalue weighted by molar-refractivity contribution is -0.119. The predicted octanol–water partition coefficient (Wildman–Crippen LogP) is 2.90. The van der Waals surface area contributed by atoms with Gasteiger partial charge in [0, 0.05) is 24.5 Å². The third-order valence-corrected chi connectivity index (χ3v) is 4.12. The minimum absolute atomic E-state index is 0. The highest BCUT2D eigenvalue weighted by Crippen LogP contribution is 2.30. The third kappa shape index (κ3) is 4.17. The molecule has 1 heterocycles. The molecule has 0 saturated heterocycles. The molecule has 3 rings (SSSR count). The maximum atomic E-state index is 12.9. The average molecular weight is 350 g/mol. The van der Waals surface area contributed by atoms with Crippen molar-refractivity contribution in [1.82, 2.24) is 5.32 Å². The van der Waals surface area contributed by atoms with E-state index in [0.717, 1.165) is 41.9 Å². The summed E-state index contributed by atoms with van der Waals surface area (Å²) >= 11 is 0. The Kier molecular flexibility index (Phi) is 6.04.